The normalized spacial score (nSPS) is 25.4. The topological polar surface area (TPSA) is 88.1 Å². The van der Waals surface area contributed by atoms with E-state index >= 15 is 0 Å². The molecule has 0 saturated carbocycles. The average Bonchev–Trinajstić information content (AvgIpc) is 2.52. The molecule has 0 spiro atoms. The number of hydrogen-bond donors (Lipinski definition) is 0. The van der Waals surface area contributed by atoms with Gasteiger partial charge in [-0.3, -0.25) is 0 Å². The van der Waals surface area contributed by atoms with Gasteiger partial charge in [0, 0.05) is 16.7 Å². The number of hydrogen-bond acceptors (Lipinski definition) is 7. The Morgan fingerprint density at radius 3 is 1.76 bits per heavy atom. The second kappa shape index (κ2) is 8.62. The smallest absolute Gasteiger partial charge is 0.335 e. The first-order chi connectivity index (χ1) is 11.5. The molecule has 4 atom stereocenters. The van der Waals surface area contributed by atoms with Crippen LogP contribution in [0.25, 0.3) is 0 Å². The summed E-state index contributed by atoms with van der Waals surface area (Å²) in [5, 5.41) is 0. The number of carbonyl (C=O) groups is 3. The van der Waals surface area contributed by atoms with Crippen molar-refractivity contribution in [2.75, 3.05) is 6.61 Å². The van der Waals surface area contributed by atoms with E-state index in [2.05, 4.69) is 19.7 Å². The highest BCUT2D eigenvalue weighted by atomic mass is 16.7. The lowest BCUT2D eigenvalue weighted by molar-refractivity contribution is -0.248. The minimum absolute atomic E-state index is 0.106. The van der Waals surface area contributed by atoms with E-state index < -0.39 is 42.3 Å². The van der Waals surface area contributed by atoms with Crippen molar-refractivity contribution < 1.29 is 33.3 Å². The van der Waals surface area contributed by atoms with Crippen LogP contribution in [0.15, 0.2) is 36.5 Å². The van der Waals surface area contributed by atoms with Crippen molar-refractivity contribution in [3.63, 3.8) is 0 Å². The summed E-state index contributed by atoms with van der Waals surface area (Å²) in [6.45, 7) is 16.6. The Morgan fingerprint density at radius 1 is 0.840 bits per heavy atom. The van der Waals surface area contributed by atoms with Gasteiger partial charge in [-0.25, -0.2) is 14.4 Å². The summed E-state index contributed by atoms with van der Waals surface area (Å²) in [6.07, 6.45) is -2.70. The second-order valence-electron chi connectivity index (χ2n) is 6.12. The van der Waals surface area contributed by atoms with E-state index in [1.54, 1.807) is 6.92 Å². The molecular weight excluding hydrogens is 328 g/mol. The largest absolute Gasteiger partial charge is 0.454 e. The first kappa shape index (κ1) is 20.6. The van der Waals surface area contributed by atoms with Crippen molar-refractivity contribution in [1.29, 1.82) is 0 Å². The van der Waals surface area contributed by atoms with Crippen LogP contribution in [0, 0.1) is 5.92 Å². The van der Waals surface area contributed by atoms with Crippen LogP contribution in [-0.4, -0.2) is 43.0 Å². The molecule has 1 fully saturated rings. The third kappa shape index (κ3) is 5.56. The van der Waals surface area contributed by atoms with Gasteiger partial charge < -0.3 is 18.9 Å². The molecule has 0 aliphatic carbocycles. The van der Waals surface area contributed by atoms with E-state index in [9.17, 15) is 14.4 Å². The monoisotopic (exact) mass is 352 g/mol. The molecule has 0 amide bonds. The summed E-state index contributed by atoms with van der Waals surface area (Å²) in [4.78, 5) is 35.4. The van der Waals surface area contributed by atoms with Gasteiger partial charge in [0.1, 0.15) is 6.10 Å². The highest BCUT2D eigenvalue weighted by Crippen LogP contribution is 2.28. The summed E-state index contributed by atoms with van der Waals surface area (Å²) < 4.78 is 21.4. The Hall–Kier alpha value is -2.41. The third-order valence-electron chi connectivity index (χ3n) is 3.51. The highest BCUT2D eigenvalue weighted by molar-refractivity contribution is 5.88. The van der Waals surface area contributed by atoms with E-state index in [4.69, 9.17) is 18.9 Å². The molecule has 25 heavy (non-hydrogen) atoms. The number of rotatable bonds is 6. The first-order valence-corrected chi connectivity index (χ1v) is 7.75. The van der Waals surface area contributed by atoms with Crippen LogP contribution in [0.1, 0.15) is 27.7 Å². The maximum atomic E-state index is 11.9. The van der Waals surface area contributed by atoms with Gasteiger partial charge in [0.25, 0.3) is 0 Å². The number of ether oxygens (including phenoxy) is 4. The summed E-state index contributed by atoms with van der Waals surface area (Å²) in [5.41, 5.74) is 0.606. The standard InChI is InChI=1S/C18H24O7/c1-9(2)15(19)23-13-8-22-18(25-17(21)11(5)6)12(7)14(13)24-16(20)10(3)4/h12-14,18H,1,3,5,8H2,2,4,6-7H3/t12-,13+,14-,18?/m0/s1. The Bertz CT molecular complexity index is 605. The zero-order valence-electron chi connectivity index (χ0n) is 15.0. The lowest BCUT2D eigenvalue weighted by Gasteiger charge is -2.39. The van der Waals surface area contributed by atoms with Gasteiger partial charge in [-0.2, -0.15) is 0 Å². The van der Waals surface area contributed by atoms with E-state index in [0.717, 1.165) is 0 Å². The molecule has 0 N–H and O–H groups in total. The molecule has 138 valence electrons. The van der Waals surface area contributed by atoms with E-state index in [1.165, 1.54) is 20.8 Å². The zero-order valence-corrected chi connectivity index (χ0v) is 15.0. The molecule has 1 saturated heterocycles. The van der Waals surface area contributed by atoms with Gasteiger partial charge in [0.2, 0.25) is 6.29 Å². The van der Waals surface area contributed by atoms with E-state index in [1.807, 2.05) is 0 Å². The minimum atomic E-state index is -0.966. The Kier molecular flexibility index (Phi) is 7.11. The molecule has 1 aliphatic rings. The van der Waals surface area contributed by atoms with Gasteiger partial charge in [-0.15, -0.1) is 0 Å². The summed E-state index contributed by atoms with van der Waals surface area (Å²) in [6, 6.07) is 0. The molecule has 0 bridgehead atoms. The van der Waals surface area contributed by atoms with Gasteiger partial charge in [-0.1, -0.05) is 26.7 Å². The van der Waals surface area contributed by atoms with Crippen LogP contribution in [0.2, 0.25) is 0 Å². The van der Waals surface area contributed by atoms with Crippen LogP contribution >= 0.6 is 0 Å². The molecule has 7 nitrogen and oxygen atoms in total. The van der Waals surface area contributed by atoms with Crippen LogP contribution in [0.4, 0.5) is 0 Å². The fraction of sp³-hybridized carbons (Fsp3) is 0.500. The van der Waals surface area contributed by atoms with Crippen LogP contribution in [-0.2, 0) is 33.3 Å². The van der Waals surface area contributed by atoms with Crippen molar-refractivity contribution in [1.82, 2.24) is 0 Å². The molecular formula is C18H24O7. The predicted octanol–water partition coefficient (Wildman–Crippen LogP) is 2.07. The molecule has 0 aromatic heterocycles. The fourth-order valence-electron chi connectivity index (χ4n) is 2.02. The molecule has 1 aliphatic heterocycles. The van der Waals surface area contributed by atoms with Gasteiger partial charge in [-0.05, 0) is 20.8 Å². The molecule has 0 aromatic carbocycles. The zero-order chi connectivity index (χ0) is 19.3. The summed E-state index contributed by atoms with van der Waals surface area (Å²) >= 11 is 0. The number of carbonyl (C=O) groups excluding carboxylic acids is 3. The van der Waals surface area contributed by atoms with Crippen LogP contribution < -0.4 is 0 Å². The van der Waals surface area contributed by atoms with Crippen LogP contribution in [0.5, 0.6) is 0 Å². The second-order valence-corrected chi connectivity index (χ2v) is 6.12. The van der Waals surface area contributed by atoms with Crippen LogP contribution in [0.3, 0.4) is 0 Å². The molecule has 7 heteroatoms. The van der Waals surface area contributed by atoms with Crippen molar-refractivity contribution in [3.8, 4) is 0 Å². The Balaban J connectivity index is 2.96. The average molecular weight is 352 g/mol. The predicted molar refractivity (Wildman–Crippen MR) is 89.2 cm³/mol. The first-order valence-electron chi connectivity index (χ1n) is 7.75. The maximum absolute atomic E-state index is 11.9. The molecule has 1 unspecified atom stereocenters. The lowest BCUT2D eigenvalue weighted by atomic mass is 9.96. The SMILES string of the molecule is C=C(C)C(=O)OC1OC[C@@H](OC(=O)C(=C)C)[C@@H](OC(=O)C(=C)C)[C@@H]1C. The number of esters is 3. The van der Waals surface area contributed by atoms with E-state index in [0.29, 0.717) is 0 Å². The minimum Gasteiger partial charge on any atom is -0.454 e. The Morgan fingerprint density at radius 2 is 1.28 bits per heavy atom. The lowest BCUT2D eigenvalue weighted by Crippen LogP contribution is -2.53. The summed E-state index contributed by atoms with van der Waals surface area (Å²) in [5.74, 6) is -2.47. The molecule has 0 radical (unpaired) electrons. The van der Waals surface area contributed by atoms with Gasteiger partial charge in [0.15, 0.2) is 6.10 Å². The maximum Gasteiger partial charge on any atom is 0.335 e. The van der Waals surface area contributed by atoms with Gasteiger partial charge in [0.05, 0.1) is 12.5 Å². The fourth-order valence-corrected chi connectivity index (χ4v) is 2.02. The van der Waals surface area contributed by atoms with Gasteiger partial charge >= 0.3 is 17.9 Å². The quantitative estimate of drug-likeness (QED) is 0.411. The van der Waals surface area contributed by atoms with Crippen molar-refractivity contribution in [3.05, 3.63) is 36.5 Å². The van der Waals surface area contributed by atoms with Crippen molar-refractivity contribution in [2.24, 2.45) is 5.92 Å². The molecule has 0 aromatic rings. The Labute approximate surface area is 147 Å². The van der Waals surface area contributed by atoms with Crippen molar-refractivity contribution in [2.45, 2.75) is 46.2 Å². The molecule has 1 rings (SSSR count). The third-order valence-corrected chi connectivity index (χ3v) is 3.51. The molecule has 1 heterocycles. The summed E-state index contributed by atoms with van der Waals surface area (Å²) in [7, 11) is 0. The van der Waals surface area contributed by atoms with E-state index in [-0.39, 0.29) is 23.3 Å². The highest BCUT2D eigenvalue weighted by Gasteiger charge is 2.44. The van der Waals surface area contributed by atoms with Crippen molar-refractivity contribution >= 4 is 17.9 Å².